The molecule has 0 aliphatic carbocycles. The first-order chi connectivity index (χ1) is 8.95. The van der Waals surface area contributed by atoms with Crippen LogP contribution in [-0.4, -0.2) is 11.1 Å². The lowest BCUT2D eigenvalue weighted by Crippen LogP contribution is -1.99. The molecule has 0 fully saturated rings. The van der Waals surface area contributed by atoms with Crippen molar-refractivity contribution >= 4 is 5.97 Å². The topological polar surface area (TPSA) is 37.3 Å². The van der Waals surface area contributed by atoms with Crippen LogP contribution in [0.5, 0.6) is 0 Å². The van der Waals surface area contributed by atoms with Gasteiger partial charge in [-0.15, -0.1) is 0 Å². The summed E-state index contributed by atoms with van der Waals surface area (Å²) in [7, 11) is 0. The molecule has 0 aliphatic rings. The van der Waals surface area contributed by atoms with E-state index in [2.05, 4.69) is 13.8 Å². The van der Waals surface area contributed by atoms with Crippen LogP contribution in [0.4, 0.5) is 0 Å². The molecule has 0 amide bonds. The third-order valence-corrected chi connectivity index (χ3v) is 3.79. The van der Waals surface area contributed by atoms with Crippen LogP contribution in [0.25, 0.3) is 0 Å². The third kappa shape index (κ3) is 10.8. The summed E-state index contributed by atoms with van der Waals surface area (Å²) in [5.41, 5.74) is 1.55. The lowest BCUT2D eigenvalue weighted by Gasteiger charge is -2.05. The Morgan fingerprint density at radius 2 is 1.37 bits per heavy atom. The van der Waals surface area contributed by atoms with Gasteiger partial charge < -0.3 is 5.11 Å². The number of unbranched alkanes of at least 4 members (excludes halogenated alkanes) is 6. The molecule has 1 N–H and O–H groups in total. The van der Waals surface area contributed by atoms with Gasteiger partial charge in [0, 0.05) is 5.57 Å². The van der Waals surface area contributed by atoms with Gasteiger partial charge in [-0.05, 0) is 32.6 Å². The fourth-order valence-corrected chi connectivity index (χ4v) is 2.20. The van der Waals surface area contributed by atoms with Crippen molar-refractivity contribution in [3.63, 3.8) is 0 Å². The van der Waals surface area contributed by atoms with E-state index in [4.69, 9.17) is 5.11 Å². The van der Waals surface area contributed by atoms with Crippen molar-refractivity contribution in [2.75, 3.05) is 0 Å². The molecule has 112 valence electrons. The highest BCUT2D eigenvalue weighted by Gasteiger charge is 2.04. The van der Waals surface area contributed by atoms with Gasteiger partial charge in [-0.1, -0.05) is 64.4 Å². The maximum Gasteiger partial charge on any atom is 0.331 e. The molecule has 0 aromatic carbocycles. The molecule has 0 rings (SSSR count). The minimum absolute atomic E-state index is 0.522. The Morgan fingerprint density at radius 1 is 0.895 bits per heavy atom. The Balaban J connectivity index is 3.41. The maximum absolute atomic E-state index is 10.8. The largest absolute Gasteiger partial charge is 0.478 e. The molecule has 0 radical (unpaired) electrons. The second-order valence-corrected chi connectivity index (χ2v) is 6.12. The van der Waals surface area contributed by atoms with E-state index in [-0.39, 0.29) is 0 Å². The molecule has 19 heavy (non-hydrogen) atoms. The summed E-state index contributed by atoms with van der Waals surface area (Å²) in [4.78, 5) is 10.8. The fourth-order valence-electron chi connectivity index (χ4n) is 2.20. The van der Waals surface area contributed by atoms with Gasteiger partial charge >= 0.3 is 5.97 Å². The summed E-state index contributed by atoms with van der Waals surface area (Å²) in [6, 6.07) is 0. The van der Waals surface area contributed by atoms with Crippen molar-refractivity contribution in [3.05, 3.63) is 11.1 Å². The molecular formula is C17H32O2. The number of aliphatic carboxylic acids is 1. The van der Waals surface area contributed by atoms with Crippen LogP contribution in [0.3, 0.4) is 0 Å². The summed E-state index contributed by atoms with van der Waals surface area (Å²) >= 11 is 0. The van der Waals surface area contributed by atoms with Gasteiger partial charge in [0.15, 0.2) is 0 Å². The monoisotopic (exact) mass is 268 g/mol. The molecule has 0 saturated heterocycles. The van der Waals surface area contributed by atoms with Crippen LogP contribution in [-0.2, 0) is 4.79 Å². The Bertz CT molecular complexity index is 277. The van der Waals surface area contributed by atoms with Crippen molar-refractivity contribution in [3.8, 4) is 0 Å². The molecule has 0 aromatic rings. The van der Waals surface area contributed by atoms with Crippen LogP contribution < -0.4 is 0 Å². The zero-order chi connectivity index (χ0) is 14.7. The van der Waals surface area contributed by atoms with E-state index >= 15 is 0 Å². The number of rotatable bonds is 11. The molecule has 0 unspecified atom stereocenters. The predicted molar refractivity (Wildman–Crippen MR) is 82.4 cm³/mol. The molecule has 0 aliphatic heterocycles. The SMILES string of the molecule is CC(CCCCCCCCCC(C)C)=C(C)C(=O)O. The third-order valence-electron chi connectivity index (χ3n) is 3.79. The van der Waals surface area contributed by atoms with Gasteiger partial charge in [0.25, 0.3) is 0 Å². The Kier molecular flexibility index (Phi) is 10.6. The van der Waals surface area contributed by atoms with E-state index in [1.807, 2.05) is 6.92 Å². The lowest BCUT2D eigenvalue weighted by atomic mass is 10.0. The summed E-state index contributed by atoms with van der Waals surface area (Å²) in [6.07, 6.45) is 11.4. The van der Waals surface area contributed by atoms with Crippen LogP contribution >= 0.6 is 0 Å². The Morgan fingerprint density at radius 3 is 1.84 bits per heavy atom. The standard InChI is InChI=1S/C17H32O2/c1-14(2)12-10-8-6-5-7-9-11-13-15(3)16(4)17(18)19/h14H,5-13H2,1-4H3,(H,18,19). The van der Waals surface area contributed by atoms with Gasteiger partial charge in [-0.2, -0.15) is 0 Å². The average molecular weight is 268 g/mol. The van der Waals surface area contributed by atoms with E-state index in [9.17, 15) is 4.79 Å². The molecule has 0 heterocycles. The maximum atomic E-state index is 10.8. The molecule has 0 saturated carbocycles. The predicted octanol–water partition coefficient (Wildman–Crippen LogP) is 5.57. The second-order valence-electron chi connectivity index (χ2n) is 6.12. The summed E-state index contributed by atoms with van der Waals surface area (Å²) in [5, 5.41) is 8.86. The van der Waals surface area contributed by atoms with Gasteiger partial charge in [0.1, 0.15) is 0 Å². The highest BCUT2D eigenvalue weighted by atomic mass is 16.4. The van der Waals surface area contributed by atoms with E-state index in [0.717, 1.165) is 24.3 Å². The summed E-state index contributed by atoms with van der Waals surface area (Å²) < 4.78 is 0. The van der Waals surface area contributed by atoms with E-state index in [1.54, 1.807) is 6.92 Å². The van der Waals surface area contributed by atoms with Crippen molar-refractivity contribution in [2.24, 2.45) is 5.92 Å². The molecule has 0 aromatic heterocycles. The minimum Gasteiger partial charge on any atom is -0.478 e. The number of hydrogen-bond acceptors (Lipinski definition) is 1. The number of carboxylic acids is 1. The zero-order valence-corrected chi connectivity index (χ0v) is 13.3. The quantitative estimate of drug-likeness (QED) is 0.392. The van der Waals surface area contributed by atoms with Gasteiger partial charge in [-0.25, -0.2) is 4.79 Å². The number of hydrogen-bond donors (Lipinski definition) is 1. The fraction of sp³-hybridized carbons (Fsp3) is 0.824. The van der Waals surface area contributed by atoms with Crippen molar-refractivity contribution in [1.82, 2.24) is 0 Å². The second kappa shape index (κ2) is 11.1. The van der Waals surface area contributed by atoms with Gasteiger partial charge in [-0.3, -0.25) is 0 Å². The molecule has 2 nitrogen and oxygen atoms in total. The number of allylic oxidation sites excluding steroid dienone is 1. The number of carboxylic acid groups (broad SMARTS) is 1. The van der Waals surface area contributed by atoms with E-state index in [0.29, 0.717) is 5.57 Å². The lowest BCUT2D eigenvalue weighted by molar-refractivity contribution is -0.132. The summed E-state index contributed by atoms with van der Waals surface area (Å²) in [6.45, 7) is 8.21. The van der Waals surface area contributed by atoms with Gasteiger partial charge in [0.05, 0.1) is 0 Å². The molecule has 0 atom stereocenters. The highest BCUT2D eigenvalue weighted by molar-refractivity contribution is 5.86. The van der Waals surface area contributed by atoms with Crippen LogP contribution in [0.1, 0.15) is 85.5 Å². The van der Waals surface area contributed by atoms with Crippen LogP contribution in [0.2, 0.25) is 0 Å². The zero-order valence-electron chi connectivity index (χ0n) is 13.3. The highest BCUT2D eigenvalue weighted by Crippen LogP contribution is 2.16. The first-order valence-corrected chi connectivity index (χ1v) is 7.84. The molecule has 0 spiro atoms. The first kappa shape index (κ1) is 18.2. The Hall–Kier alpha value is -0.790. The van der Waals surface area contributed by atoms with Crippen molar-refractivity contribution in [1.29, 1.82) is 0 Å². The average Bonchev–Trinajstić information content (AvgIpc) is 2.35. The molecule has 2 heteroatoms. The molecule has 0 bridgehead atoms. The number of carbonyl (C=O) groups is 1. The van der Waals surface area contributed by atoms with Crippen LogP contribution in [0, 0.1) is 5.92 Å². The van der Waals surface area contributed by atoms with E-state index < -0.39 is 5.97 Å². The Labute approximate surface area is 119 Å². The van der Waals surface area contributed by atoms with Crippen molar-refractivity contribution < 1.29 is 9.90 Å². The summed E-state index contributed by atoms with van der Waals surface area (Å²) in [5.74, 6) is 0.0647. The van der Waals surface area contributed by atoms with Crippen LogP contribution in [0.15, 0.2) is 11.1 Å². The van der Waals surface area contributed by atoms with Crippen molar-refractivity contribution in [2.45, 2.75) is 85.5 Å². The normalized spacial score (nSPS) is 12.7. The molecular weight excluding hydrogens is 236 g/mol. The smallest absolute Gasteiger partial charge is 0.331 e. The van der Waals surface area contributed by atoms with Gasteiger partial charge in [0.2, 0.25) is 0 Å². The first-order valence-electron chi connectivity index (χ1n) is 7.84. The minimum atomic E-state index is -0.775. The van der Waals surface area contributed by atoms with E-state index in [1.165, 1.54) is 44.9 Å².